The summed E-state index contributed by atoms with van der Waals surface area (Å²) in [6.45, 7) is 4.61. The van der Waals surface area contributed by atoms with Gasteiger partial charge in [-0.15, -0.1) is 0 Å². The first-order chi connectivity index (χ1) is 4.85. The summed E-state index contributed by atoms with van der Waals surface area (Å²) in [5.41, 5.74) is 0. The summed E-state index contributed by atoms with van der Waals surface area (Å²) in [5.74, 6) is 1.07. The maximum atomic E-state index is 2.33. The Bertz CT molecular complexity index is 57.7. The molecule has 0 spiro atoms. The van der Waals surface area contributed by atoms with Crippen LogP contribution >= 0.6 is 0 Å². The third kappa shape index (κ3) is 5.76. The van der Waals surface area contributed by atoms with Gasteiger partial charge in [0.1, 0.15) is 0 Å². The Morgan fingerprint density at radius 2 is 1.90 bits per heavy atom. The molecule has 0 heterocycles. The van der Waals surface area contributed by atoms with E-state index in [1.807, 2.05) is 0 Å². The molecule has 0 rings (SSSR count). The Hall–Kier alpha value is 1.00. The normalized spacial score (nSPS) is 13.6. The van der Waals surface area contributed by atoms with Gasteiger partial charge in [0.25, 0.3) is 0 Å². The molecule has 0 saturated carbocycles. The van der Waals surface area contributed by atoms with Crippen LogP contribution in [0.5, 0.6) is 0 Å². The van der Waals surface area contributed by atoms with Gasteiger partial charge in [0, 0.05) is 0 Å². The number of rotatable bonds is 6. The van der Waals surface area contributed by atoms with Crippen LogP contribution in [-0.4, -0.2) is 27.9 Å². The Labute approximate surface area is 83.2 Å². The molecule has 0 saturated heterocycles. The molecule has 1 unspecified atom stereocenters. The molecule has 1 heteroatoms. The van der Waals surface area contributed by atoms with Crippen LogP contribution in [0.25, 0.3) is 0 Å². The topological polar surface area (TPSA) is 0 Å². The third-order valence-corrected chi connectivity index (χ3v) is 3.53. The van der Waals surface area contributed by atoms with Crippen molar-refractivity contribution in [1.29, 1.82) is 0 Å². The van der Waals surface area contributed by atoms with Crippen LogP contribution in [-0.2, 0) is 0 Å². The summed E-state index contributed by atoms with van der Waals surface area (Å²) in [6, 6.07) is 0. The fourth-order valence-electron chi connectivity index (χ4n) is 1.38. The summed E-state index contributed by atoms with van der Waals surface area (Å²) < 4.78 is 1.51. The van der Waals surface area contributed by atoms with Gasteiger partial charge >= 0.3 is 83.5 Å². The van der Waals surface area contributed by atoms with Crippen LogP contribution in [0, 0.1) is 5.92 Å². The number of unbranched alkanes of at least 4 members (excludes halogenated alkanes) is 2. The monoisotopic (exact) mass is 150 g/mol. The quantitative estimate of drug-likeness (QED) is 0.403. The Balaban J connectivity index is 3.09. The minimum absolute atomic E-state index is 1.07. The molecule has 0 aromatic rings. The molecule has 0 aromatic heterocycles. The second kappa shape index (κ2) is 8.10. The Morgan fingerprint density at radius 1 is 1.20 bits per heavy atom. The van der Waals surface area contributed by atoms with E-state index in [2.05, 4.69) is 13.8 Å². The van der Waals surface area contributed by atoms with Gasteiger partial charge in [-0.3, -0.25) is 0 Å². The molecule has 1 atom stereocenters. The van der Waals surface area contributed by atoms with Crippen molar-refractivity contribution in [3.63, 3.8) is 0 Å². The van der Waals surface area contributed by atoms with E-state index in [0.717, 1.165) is 5.92 Å². The SMILES string of the molecule is CCCCCC(CC)[CH2][Na]. The van der Waals surface area contributed by atoms with Crippen LogP contribution in [0.2, 0.25) is 3.67 Å². The van der Waals surface area contributed by atoms with Crippen LogP contribution in [0.4, 0.5) is 0 Å². The van der Waals surface area contributed by atoms with Crippen LogP contribution < -0.4 is 0 Å². The zero-order valence-corrected chi connectivity index (χ0v) is 9.82. The first kappa shape index (κ1) is 11.0. The van der Waals surface area contributed by atoms with Crippen molar-refractivity contribution in [2.45, 2.75) is 49.6 Å². The van der Waals surface area contributed by atoms with Gasteiger partial charge in [-0.2, -0.15) is 0 Å². The van der Waals surface area contributed by atoms with E-state index in [1.54, 1.807) is 0 Å². The van der Waals surface area contributed by atoms with Crippen molar-refractivity contribution < 1.29 is 0 Å². The summed E-state index contributed by atoms with van der Waals surface area (Å²) in [5, 5.41) is 0. The van der Waals surface area contributed by atoms with Gasteiger partial charge < -0.3 is 0 Å². The molecule has 0 aliphatic heterocycles. The molecule has 0 aromatic carbocycles. The second-order valence-electron chi connectivity index (χ2n) is 3.18. The van der Waals surface area contributed by atoms with Gasteiger partial charge in [0.15, 0.2) is 0 Å². The van der Waals surface area contributed by atoms with E-state index < -0.39 is 0 Å². The van der Waals surface area contributed by atoms with Crippen molar-refractivity contribution in [3.05, 3.63) is 0 Å². The van der Waals surface area contributed by atoms with E-state index in [0.29, 0.717) is 0 Å². The zero-order valence-electron chi connectivity index (χ0n) is 7.82. The standard InChI is InChI=1S/C9H19.Na/c1-4-6-7-8-9(3)5-2;/h9H,3-8H2,1-2H3;. The number of hydrogen-bond acceptors (Lipinski definition) is 0. The Morgan fingerprint density at radius 3 is 2.30 bits per heavy atom. The molecule has 0 bridgehead atoms. The van der Waals surface area contributed by atoms with E-state index in [1.165, 1.54) is 63.7 Å². The van der Waals surface area contributed by atoms with Gasteiger partial charge in [-0.05, 0) is 0 Å². The van der Waals surface area contributed by atoms with E-state index >= 15 is 0 Å². The van der Waals surface area contributed by atoms with E-state index in [9.17, 15) is 0 Å². The van der Waals surface area contributed by atoms with Crippen molar-refractivity contribution >= 4 is 27.9 Å². The molecular formula is C9H19Na. The van der Waals surface area contributed by atoms with Gasteiger partial charge in [-0.25, -0.2) is 0 Å². The average molecular weight is 150 g/mol. The second-order valence-corrected chi connectivity index (χ2v) is 3.99. The average Bonchev–Trinajstić information content (AvgIpc) is 1.99. The maximum absolute atomic E-state index is 2.33. The molecule has 0 nitrogen and oxygen atoms in total. The van der Waals surface area contributed by atoms with E-state index in [-0.39, 0.29) is 0 Å². The summed E-state index contributed by atoms with van der Waals surface area (Å²) in [4.78, 5) is 0. The van der Waals surface area contributed by atoms with Crippen LogP contribution in [0.1, 0.15) is 46.0 Å². The predicted molar refractivity (Wildman–Crippen MR) is 48.5 cm³/mol. The van der Waals surface area contributed by atoms with Crippen molar-refractivity contribution in [1.82, 2.24) is 0 Å². The molecule has 0 amide bonds. The fraction of sp³-hybridized carbons (Fsp3) is 1.00. The summed E-state index contributed by atoms with van der Waals surface area (Å²) >= 11 is 1.40. The molecule has 0 N–H and O–H groups in total. The van der Waals surface area contributed by atoms with Crippen LogP contribution in [0.15, 0.2) is 0 Å². The third-order valence-electron chi connectivity index (χ3n) is 2.37. The van der Waals surface area contributed by atoms with Crippen molar-refractivity contribution in [2.24, 2.45) is 5.92 Å². The first-order valence-corrected chi connectivity index (χ1v) is 6.26. The Kier molecular flexibility index (Phi) is 8.91. The van der Waals surface area contributed by atoms with E-state index in [4.69, 9.17) is 0 Å². The molecule has 0 radical (unpaired) electrons. The zero-order chi connectivity index (χ0) is 7.82. The van der Waals surface area contributed by atoms with Gasteiger partial charge in [0.2, 0.25) is 0 Å². The number of hydrogen-bond donors (Lipinski definition) is 0. The van der Waals surface area contributed by atoms with Gasteiger partial charge in [0.05, 0.1) is 0 Å². The predicted octanol–water partition coefficient (Wildman–Crippen LogP) is 3.18. The molecule has 0 fully saturated rings. The fourth-order valence-corrected chi connectivity index (χ4v) is 2.37. The summed E-state index contributed by atoms with van der Waals surface area (Å²) in [7, 11) is 0. The molecular weight excluding hydrogens is 131 g/mol. The van der Waals surface area contributed by atoms with Crippen LogP contribution in [0.3, 0.4) is 0 Å². The van der Waals surface area contributed by atoms with Crippen molar-refractivity contribution in [3.8, 4) is 0 Å². The molecule has 10 heavy (non-hydrogen) atoms. The molecule has 0 aliphatic carbocycles. The van der Waals surface area contributed by atoms with Gasteiger partial charge in [-0.1, -0.05) is 0 Å². The molecule has 0 aliphatic rings. The minimum atomic E-state index is 1.07. The first-order valence-electron chi connectivity index (χ1n) is 4.85. The van der Waals surface area contributed by atoms with Crippen molar-refractivity contribution in [2.75, 3.05) is 0 Å². The summed E-state index contributed by atoms with van der Waals surface area (Å²) in [6.07, 6.45) is 7.19. The molecule has 56 valence electrons.